The molecule has 4 heteroatoms. The zero-order valence-corrected chi connectivity index (χ0v) is 16.9. The van der Waals surface area contributed by atoms with E-state index >= 15 is 0 Å². The van der Waals surface area contributed by atoms with Crippen molar-refractivity contribution < 1.29 is 14.3 Å². The van der Waals surface area contributed by atoms with E-state index in [-0.39, 0.29) is 11.9 Å². The highest BCUT2D eigenvalue weighted by atomic mass is 16.5. The van der Waals surface area contributed by atoms with Crippen LogP contribution < -0.4 is 10.1 Å². The fraction of sp³-hybridized carbons (Fsp3) is 0.240. The molecule has 4 nitrogen and oxygen atoms in total. The van der Waals surface area contributed by atoms with Gasteiger partial charge in [0.2, 0.25) is 0 Å². The van der Waals surface area contributed by atoms with Crippen molar-refractivity contribution >= 4 is 5.91 Å². The molecule has 0 aromatic heterocycles. The van der Waals surface area contributed by atoms with E-state index in [0.717, 1.165) is 22.4 Å². The molecule has 0 saturated heterocycles. The molecule has 29 heavy (non-hydrogen) atoms. The van der Waals surface area contributed by atoms with Gasteiger partial charge < -0.3 is 14.8 Å². The number of amides is 1. The molecule has 0 radical (unpaired) electrons. The van der Waals surface area contributed by atoms with Gasteiger partial charge in [0, 0.05) is 11.1 Å². The topological polar surface area (TPSA) is 47.6 Å². The highest BCUT2D eigenvalue weighted by Gasteiger charge is 2.14. The number of benzene rings is 3. The molecular weight excluding hydrogens is 362 g/mol. The second-order valence-electron chi connectivity index (χ2n) is 6.84. The van der Waals surface area contributed by atoms with Crippen LogP contribution in [0.15, 0.2) is 78.9 Å². The number of ether oxygens (including phenoxy) is 2. The van der Waals surface area contributed by atoms with Crippen molar-refractivity contribution in [2.75, 3.05) is 6.61 Å². The maximum absolute atomic E-state index is 12.8. The molecule has 0 spiro atoms. The maximum Gasteiger partial charge on any atom is 0.251 e. The SMILES string of the molecule is CCOc1ccc(C(=O)NC(C)c2ccccc2)cc1COCc1ccccc1. The average molecular weight is 389 g/mol. The van der Waals surface area contributed by atoms with Gasteiger partial charge in [-0.1, -0.05) is 60.7 Å². The number of hydrogen-bond acceptors (Lipinski definition) is 3. The van der Waals surface area contributed by atoms with Crippen LogP contribution in [0.2, 0.25) is 0 Å². The van der Waals surface area contributed by atoms with Crippen molar-refractivity contribution in [2.24, 2.45) is 0 Å². The molecule has 3 rings (SSSR count). The predicted molar refractivity (Wildman–Crippen MR) is 115 cm³/mol. The van der Waals surface area contributed by atoms with Gasteiger partial charge in [-0.2, -0.15) is 0 Å². The molecule has 0 fully saturated rings. The Morgan fingerprint density at radius 2 is 1.62 bits per heavy atom. The van der Waals surface area contributed by atoms with Crippen molar-refractivity contribution in [2.45, 2.75) is 33.1 Å². The first-order valence-electron chi connectivity index (χ1n) is 9.90. The normalized spacial score (nSPS) is 11.7. The van der Waals surface area contributed by atoms with Crippen LogP contribution in [-0.4, -0.2) is 12.5 Å². The summed E-state index contributed by atoms with van der Waals surface area (Å²) in [7, 11) is 0. The molecule has 0 heterocycles. The molecule has 3 aromatic rings. The molecule has 1 unspecified atom stereocenters. The van der Waals surface area contributed by atoms with E-state index in [1.807, 2.05) is 86.6 Å². The molecule has 0 aliphatic heterocycles. The minimum atomic E-state index is -0.117. The van der Waals surface area contributed by atoms with Crippen LogP contribution >= 0.6 is 0 Å². The maximum atomic E-state index is 12.8. The lowest BCUT2D eigenvalue weighted by atomic mass is 10.1. The molecule has 0 aliphatic rings. The van der Waals surface area contributed by atoms with Crippen LogP contribution in [-0.2, 0) is 18.0 Å². The number of rotatable bonds is 9. The Kier molecular flexibility index (Phi) is 7.42. The lowest BCUT2D eigenvalue weighted by molar-refractivity contribution is 0.0937. The van der Waals surface area contributed by atoms with Gasteiger partial charge in [0.15, 0.2) is 0 Å². The molecule has 1 atom stereocenters. The molecule has 0 bridgehead atoms. The van der Waals surface area contributed by atoms with Crippen LogP contribution in [0.3, 0.4) is 0 Å². The van der Waals surface area contributed by atoms with Gasteiger partial charge in [0.25, 0.3) is 5.91 Å². The van der Waals surface area contributed by atoms with Gasteiger partial charge in [0.1, 0.15) is 5.75 Å². The average Bonchev–Trinajstić information content (AvgIpc) is 2.76. The standard InChI is InChI=1S/C25H27NO3/c1-3-29-24-15-14-22(25(27)26-19(2)21-12-8-5-9-13-21)16-23(24)18-28-17-20-10-6-4-7-11-20/h4-16,19H,3,17-18H2,1-2H3,(H,26,27). The Labute approximate surface area is 172 Å². The Hall–Kier alpha value is -3.11. The summed E-state index contributed by atoms with van der Waals surface area (Å²) in [6, 6.07) is 25.3. The molecular formula is C25H27NO3. The quantitative estimate of drug-likeness (QED) is 0.541. The molecule has 3 aromatic carbocycles. The summed E-state index contributed by atoms with van der Waals surface area (Å²) >= 11 is 0. The predicted octanol–water partition coefficient (Wildman–Crippen LogP) is 5.29. The summed E-state index contributed by atoms with van der Waals surface area (Å²) in [4.78, 5) is 12.8. The Balaban J connectivity index is 1.68. The van der Waals surface area contributed by atoms with E-state index in [1.54, 1.807) is 6.07 Å². The van der Waals surface area contributed by atoms with Crippen LogP contribution in [0.4, 0.5) is 0 Å². The van der Waals surface area contributed by atoms with Gasteiger partial charge in [0.05, 0.1) is 25.9 Å². The Morgan fingerprint density at radius 3 is 2.31 bits per heavy atom. The van der Waals surface area contributed by atoms with Crippen LogP contribution in [0.25, 0.3) is 0 Å². The lowest BCUT2D eigenvalue weighted by Crippen LogP contribution is -2.26. The van der Waals surface area contributed by atoms with E-state index in [4.69, 9.17) is 9.47 Å². The van der Waals surface area contributed by atoms with E-state index in [1.165, 1.54) is 0 Å². The van der Waals surface area contributed by atoms with Crippen molar-refractivity contribution in [3.05, 3.63) is 101 Å². The smallest absolute Gasteiger partial charge is 0.251 e. The third-order valence-corrected chi connectivity index (χ3v) is 4.64. The summed E-state index contributed by atoms with van der Waals surface area (Å²) in [6.45, 7) is 5.36. The van der Waals surface area contributed by atoms with Gasteiger partial charge in [-0.3, -0.25) is 4.79 Å². The largest absolute Gasteiger partial charge is 0.494 e. The summed E-state index contributed by atoms with van der Waals surface area (Å²) in [6.07, 6.45) is 0. The van der Waals surface area contributed by atoms with Gasteiger partial charge in [-0.25, -0.2) is 0 Å². The summed E-state index contributed by atoms with van der Waals surface area (Å²) in [5.41, 5.74) is 3.63. The third-order valence-electron chi connectivity index (χ3n) is 4.64. The van der Waals surface area contributed by atoms with Crippen molar-refractivity contribution in [3.8, 4) is 5.75 Å². The molecule has 0 saturated carbocycles. The molecule has 1 amide bonds. The van der Waals surface area contributed by atoms with Gasteiger partial charge >= 0.3 is 0 Å². The molecule has 1 N–H and O–H groups in total. The first kappa shape index (κ1) is 20.6. The first-order valence-corrected chi connectivity index (χ1v) is 9.90. The number of hydrogen-bond donors (Lipinski definition) is 1. The lowest BCUT2D eigenvalue weighted by Gasteiger charge is -2.16. The second-order valence-corrected chi connectivity index (χ2v) is 6.84. The highest BCUT2D eigenvalue weighted by molar-refractivity contribution is 5.94. The fourth-order valence-corrected chi connectivity index (χ4v) is 3.09. The van der Waals surface area contributed by atoms with Crippen LogP contribution in [0.5, 0.6) is 5.75 Å². The van der Waals surface area contributed by atoms with E-state index in [2.05, 4.69) is 5.32 Å². The van der Waals surface area contributed by atoms with Crippen LogP contribution in [0, 0.1) is 0 Å². The summed E-state index contributed by atoms with van der Waals surface area (Å²) in [5, 5.41) is 3.05. The Morgan fingerprint density at radius 1 is 0.931 bits per heavy atom. The van der Waals surface area contributed by atoms with E-state index in [9.17, 15) is 4.79 Å². The monoisotopic (exact) mass is 389 g/mol. The van der Waals surface area contributed by atoms with Crippen LogP contribution in [0.1, 0.15) is 46.9 Å². The third kappa shape index (κ3) is 5.93. The Bertz CT molecular complexity index is 910. The minimum absolute atomic E-state index is 0.0759. The number of carbonyl (C=O) groups is 1. The van der Waals surface area contributed by atoms with Crippen molar-refractivity contribution in [3.63, 3.8) is 0 Å². The highest BCUT2D eigenvalue weighted by Crippen LogP contribution is 2.23. The van der Waals surface area contributed by atoms with Crippen molar-refractivity contribution in [1.82, 2.24) is 5.32 Å². The minimum Gasteiger partial charge on any atom is -0.494 e. The number of nitrogens with one attached hydrogen (secondary N) is 1. The summed E-state index contributed by atoms with van der Waals surface area (Å²) in [5.74, 6) is 0.627. The molecule has 0 aliphatic carbocycles. The van der Waals surface area contributed by atoms with Gasteiger partial charge in [-0.05, 0) is 43.2 Å². The zero-order valence-electron chi connectivity index (χ0n) is 16.9. The van der Waals surface area contributed by atoms with E-state index < -0.39 is 0 Å². The first-order chi connectivity index (χ1) is 14.2. The second kappa shape index (κ2) is 10.4. The van der Waals surface area contributed by atoms with Crippen molar-refractivity contribution in [1.29, 1.82) is 0 Å². The molecule has 150 valence electrons. The summed E-state index contributed by atoms with van der Waals surface area (Å²) < 4.78 is 11.6. The zero-order chi connectivity index (χ0) is 20.5. The van der Waals surface area contributed by atoms with Gasteiger partial charge in [-0.15, -0.1) is 0 Å². The number of carbonyl (C=O) groups excluding carboxylic acids is 1. The van der Waals surface area contributed by atoms with E-state index in [0.29, 0.717) is 25.4 Å². The fourth-order valence-electron chi connectivity index (χ4n) is 3.09.